The fourth-order valence-electron chi connectivity index (χ4n) is 2.69. The Kier molecular flexibility index (Phi) is 7.55. The molecular weight excluding hydrogens is 354 g/mol. The molecule has 7 heteroatoms. The molecule has 0 heterocycles. The third kappa shape index (κ3) is 5.83. The molecule has 1 atom stereocenters. The van der Waals surface area contributed by atoms with Crippen molar-refractivity contribution in [3.05, 3.63) is 70.8 Å². The van der Waals surface area contributed by atoms with Crippen molar-refractivity contribution < 1.29 is 9.59 Å². The molecule has 3 N–H and O–H groups in total. The van der Waals surface area contributed by atoms with Gasteiger partial charge < -0.3 is 10.2 Å². The second-order valence-corrected chi connectivity index (χ2v) is 6.55. The number of amides is 3. The van der Waals surface area contributed by atoms with Gasteiger partial charge in [0.1, 0.15) is 0 Å². The van der Waals surface area contributed by atoms with Crippen LogP contribution in [0.25, 0.3) is 0 Å². The van der Waals surface area contributed by atoms with Gasteiger partial charge in [0.25, 0.3) is 5.91 Å². The van der Waals surface area contributed by atoms with Crippen LogP contribution < -0.4 is 16.2 Å². The number of urea groups is 1. The summed E-state index contributed by atoms with van der Waals surface area (Å²) in [7, 11) is 3.90. The van der Waals surface area contributed by atoms with Crippen molar-refractivity contribution in [3.63, 3.8) is 0 Å². The predicted octanol–water partition coefficient (Wildman–Crippen LogP) is 2.37. The van der Waals surface area contributed by atoms with Gasteiger partial charge in [-0.25, -0.2) is 10.2 Å². The van der Waals surface area contributed by atoms with Crippen molar-refractivity contribution in [1.82, 2.24) is 21.1 Å². The number of carbonyl (C=O) groups excluding carboxylic acids is 2. The maximum atomic E-state index is 12.0. The summed E-state index contributed by atoms with van der Waals surface area (Å²) in [6, 6.07) is 15.9. The van der Waals surface area contributed by atoms with Crippen molar-refractivity contribution in [1.29, 1.82) is 5.26 Å². The maximum Gasteiger partial charge on any atom is 0.333 e. The summed E-state index contributed by atoms with van der Waals surface area (Å²) in [5.74, 6) is -0.459. The zero-order chi connectivity index (χ0) is 20.5. The highest BCUT2D eigenvalue weighted by atomic mass is 16.2. The predicted molar refractivity (Wildman–Crippen MR) is 107 cm³/mol. The fraction of sp³-hybridized carbons (Fsp3) is 0.286. The van der Waals surface area contributed by atoms with E-state index in [0.717, 1.165) is 12.0 Å². The molecule has 2 aromatic rings. The van der Waals surface area contributed by atoms with Crippen LogP contribution in [0.5, 0.6) is 0 Å². The van der Waals surface area contributed by atoms with E-state index in [9.17, 15) is 9.59 Å². The molecule has 0 aliphatic carbocycles. The molecule has 2 aromatic carbocycles. The Hall–Kier alpha value is -3.37. The van der Waals surface area contributed by atoms with E-state index in [0.29, 0.717) is 17.7 Å². The van der Waals surface area contributed by atoms with Gasteiger partial charge in [0.05, 0.1) is 17.7 Å². The highest BCUT2D eigenvalue weighted by Gasteiger charge is 2.15. The van der Waals surface area contributed by atoms with E-state index >= 15 is 0 Å². The number of hydrogen-bond acceptors (Lipinski definition) is 4. The number of benzene rings is 2. The van der Waals surface area contributed by atoms with E-state index in [1.807, 2.05) is 25.1 Å². The first-order valence-corrected chi connectivity index (χ1v) is 9.04. The molecule has 0 saturated carbocycles. The van der Waals surface area contributed by atoms with Crippen LogP contribution in [0.15, 0.2) is 48.5 Å². The van der Waals surface area contributed by atoms with Gasteiger partial charge in [-0.15, -0.1) is 0 Å². The minimum Gasteiger partial charge on any atom is -0.335 e. The SMILES string of the molecule is CCc1ccc(C(CNC(=O)NNC(=O)c2ccc(C#N)cc2)N(C)C)cc1. The third-order valence-electron chi connectivity index (χ3n) is 4.42. The minimum absolute atomic E-state index is 0.00545. The van der Waals surface area contributed by atoms with Crippen LogP contribution in [-0.4, -0.2) is 37.5 Å². The van der Waals surface area contributed by atoms with Gasteiger partial charge in [0.15, 0.2) is 0 Å². The molecular formula is C21H25N5O2. The van der Waals surface area contributed by atoms with Crippen LogP contribution in [0.4, 0.5) is 4.79 Å². The topological polar surface area (TPSA) is 97.3 Å². The molecule has 146 valence electrons. The first-order chi connectivity index (χ1) is 13.4. The molecule has 0 aliphatic heterocycles. The number of nitrogens with one attached hydrogen (secondary N) is 3. The molecule has 0 aromatic heterocycles. The van der Waals surface area contributed by atoms with Crippen LogP contribution in [0.2, 0.25) is 0 Å². The summed E-state index contributed by atoms with van der Waals surface area (Å²) in [5, 5.41) is 11.5. The van der Waals surface area contributed by atoms with Crippen molar-refractivity contribution in [3.8, 4) is 6.07 Å². The van der Waals surface area contributed by atoms with Gasteiger partial charge in [0.2, 0.25) is 0 Å². The molecule has 0 saturated heterocycles. The second kappa shape index (κ2) is 10.1. The number of hydrazine groups is 1. The number of likely N-dealkylation sites (N-methyl/N-ethyl adjacent to an activating group) is 1. The Morgan fingerprint density at radius 3 is 2.21 bits per heavy atom. The van der Waals surface area contributed by atoms with Gasteiger partial charge in [-0.05, 0) is 55.9 Å². The molecule has 0 radical (unpaired) electrons. The lowest BCUT2D eigenvalue weighted by Crippen LogP contribution is -2.48. The average Bonchev–Trinajstić information content (AvgIpc) is 2.72. The zero-order valence-corrected chi connectivity index (χ0v) is 16.3. The lowest BCUT2D eigenvalue weighted by molar-refractivity contribution is 0.0936. The van der Waals surface area contributed by atoms with Gasteiger partial charge in [0, 0.05) is 12.1 Å². The summed E-state index contributed by atoms with van der Waals surface area (Å²) in [6.07, 6.45) is 0.979. The fourth-order valence-corrected chi connectivity index (χ4v) is 2.69. The number of rotatable bonds is 6. The number of nitrogens with zero attached hydrogens (tertiary/aromatic N) is 2. The summed E-state index contributed by atoms with van der Waals surface area (Å²) in [6.45, 7) is 2.49. The molecule has 0 aliphatic rings. The van der Waals surface area contributed by atoms with E-state index in [-0.39, 0.29) is 6.04 Å². The Morgan fingerprint density at radius 1 is 1.04 bits per heavy atom. The molecule has 0 spiro atoms. The quantitative estimate of drug-likeness (QED) is 0.671. The normalized spacial score (nSPS) is 11.4. The second-order valence-electron chi connectivity index (χ2n) is 6.55. The van der Waals surface area contributed by atoms with Gasteiger partial charge in [-0.3, -0.25) is 10.2 Å². The summed E-state index contributed by atoms with van der Waals surface area (Å²) >= 11 is 0. The lowest BCUT2D eigenvalue weighted by atomic mass is 10.0. The highest BCUT2D eigenvalue weighted by Crippen LogP contribution is 2.18. The Labute approximate surface area is 165 Å². The number of hydrogen-bond donors (Lipinski definition) is 3. The molecule has 2 rings (SSSR count). The monoisotopic (exact) mass is 379 g/mol. The smallest absolute Gasteiger partial charge is 0.333 e. The van der Waals surface area contributed by atoms with Gasteiger partial charge in [-0.2, -0.15) is 5.26 Å². The van der Waals surface area contributed by atoms with Crippen LogP contribution in [0.1, 0.15) is 40.0 Å². The third-order valence-corrected chi connectivity index (χ3v) is 4.42. The zero-order valence-electron chi connectivity index (χ0n) is 16.3. The van der Waals surface area contributed by atoms with Crippen LogP contribution in [0, 0.1) is 11.3 Å². The van der Waals surface area contributed by atoms with Crippen molar-refractivity contribution in [2.24, 2.45) is 0 Å². The van der Waals surface area contributed by atoms with E-state index in [2.05, 4.69) is 47.4 Å². The largest absolute Gasteiger partial charge is 0.335 e. The van der Waals surface area contributed by atoms with Crippen LogP contribution in [-0.2, 0) is 6.42 Å². The summed E-state index contributed by atoms with van der Waals surface area (Å²) in [4.78, 5) is 26.1. The van der Waals surface area contributed by atoms with E-state index in [1.54, 1.807) is 12.1 Å². The molecule has 7 nitrogen and oxygen atoms in total. The first-order valence-electron chi connectivity index (χ1n) is 9.04. The molecule has 0 bridgehead atoms. The lowest BCUT2D eigenvalue weighted by Gasteiger charge is -2.25. The standard InChI is InChI=1S/C21H25N5O2/c1-4-15-5-9-17(10-6-15)19(26(2)3)14-23-21(28)25-24-20(27)18-11-7-16(13-22)8-12-18/h5-12,19H,4,14H2,1-3H3,(H,24,27)(H2,23,25,28). The van der Waals surface area contributed by atoms with Crippen molar-refractivity contribution in [2.75, 3.05) is 20.6 Å². The van der Waals surface area contributed by atoms with E-state index in [4.69, 9.17) is 5.26 Å². The Balaban J connectivity index is 1.86. The number of carbonyl (C=O) groups is 2. The van der Waals surface area contributed by atoms with Crippen molar-refractivity contribution >= 4 is 11.9 Å². The average molecular weight is 379 g/mol. The maximum absolute atomic E-state index is 12.0. The van der Waals surface area contributed by atoms with E-state index < -0.39 is 11.9 Å². The minimum atomic E-state index is -0.501. The highest BCUT2D eigenvalue weighted by molar-refractivity contribution is 5.95. The van der Waals surface area contributed by atoms with Crippen molar-refractivity contribution in [2.45, 2.75) is 19.4 Å². The molecule has 1 unspecified atom stereocenters. The molecule has 0 fully saturated rings. The van der Waals surface area contributed by atoms with Gasteiger partial charge >= 0.3 is 6.03 Å². The summed E-state index contributed by atoms with van der Waals surface area (Å²) < 4.78 is 0. The van der Waals surface area contributed by atoms with E-state index in [1.165, 1.54) is 17.7 Å². The Bertz CT molecular complexity index is 839. The van der Waals surface area contributed by atoms with Gasteiger partial charge in [-0.1, -0.05) is 31.2 Å². The van der Waals surface area contributed by atoms with Crippen LogP contribution in [0.3, 0.4) is 0 Å². The summed E-state index contributed by atoms with van der Waals surface area (Å²) in [5.41, 5.74) is 7.86. The Morgan fingerprint density at radius 2 is 1.68 bits per heavy atom. The van der Waals surface area contributed by atoms with Crippen LogP contribution >= 0.6 is 0 Å². The molecule has 3 amide bonds. The number of aryl methyl sites for hydroxylation is 1. The first kappa shape index (κ1) is 20.9. The molecule has 28 heavy (non-hydrogen) atoms. The number of nitriles is 1.